The van der Waals surface area contributed by atoms with Gasteiger partial charge in [-0.25, -0.2) is 0 Å². The Bertz CT molecular complexity index is 477. The molecule has 2 rings (SSSR count). The lowest BCUT2D eigenvalue weighted by Gasteiger charge is -2.02. The number of hydrogen-bond donors (Lipinski definition) is 1. The van der Waals surface area contributed by atoms with Crippen LogP contribution in [0.5, 0.6) is 0 Å². The predicted molar refractivity (Wildman–Crippen MR) is 58.9 cm³/mol. The fourth-order valence-electron chi connectivity index (χ4n) is 1.37. The molecule has 0 aliphatic rings. The summed E-state index contributed by atoms with van der Waals surface area (Å²) in [6, 6.07) is 9.70. The third-order valence-corrected chi connectivity index (χ3v) is 2.25. The molecule has 0 saturated carbocycles. The normalized spacial score (nSPS) is 10.1. The first kappa shape index (κ1) is 10.4. The largest absolute Gasteiger partial charge is 0.351 e. The van der Waals surface area contributed by atoms with Gasteiger partial charge in [0.2, 0.25) is 5.76 Å². The number of aryl methyl sites for hydroxylation is 1. The highest BCUT2D eigenvalue weighted by Gasteiger charge is 2.13. The maximum atomic E-state index is 11.7. The highest BCUT2D eigenvalue weighted by molar-refractivity contribution is 5.92. The van der Waals surface area contributed by atoms with Crippen LogP contribution < -0.4 is 5.32 Å². The van der Waals surface area contributed by atoms with E-state index in [-0.39, 0.29) is 11.7 Å². The molecule has 0 bridgehead atoms. The summed E-state index contributed by atoms with van der Waals surface area (Å²) in [5.74, 6) is 0.0368. The molecule has 1 aromatic heterocycles. The average Bonchev–Trinajstić information content (AvgIpc) is 2.74. The average molecular weight is 216 g/mol. The lowest BCUT2D eigenvalue weighted by atomic mass is 10.2. The van der Waals surface area contributed by atoms with Crippen molar-refractivity contribution in [1.82, 2.24) is 10.5 Å². The highest BCUT2D eigenvalue weighted by atomic mass is 16.5. The number of aromatic nitrogens is 1. The molecule has 0 fully saturated rings. The molecule has 1 heterocycles. The van der Waals surface area contributed by atoms with Gasteiger partial charge in [-0.2, -0.15) is 0 Å². The van der Waals surface area contributed by atoms with E-state index in [0.717, 1.165) is 11.1 Å². The van der Waals surface area contributed by atoms with Gasteiger partial charge in [0.1, 0.15) is 0 Å². The maximum absolute atomic E-state index is 11.7. The second kappa shape index (κ2) is 4.61. The zero-order valence-corrected chi connectivity index (χ0v) is 8.93. The predicted octanol–water partition coefficient (Wildman–Crippen LogP) is 1.91. The van der Waals surface area contributed by atoms with Crippen LogP contribution in [0.2, 0.25) is 0 Å². The Morgan fingerprint density at radius 2 is 2.12 bits per heavy atom. The minimum Gasteiger partial charge on any atom is -0.351 e. The van der Waals surface area contributed by atoms with Crippen LogP contribution in [0.15, 0.2) is 41.1 Å². The van der Waals surface area contributed by atoms with Crippen LogP contribution >= 0.6 is 0 Å². The Morgan fingerprint density at radius 3 is 2.75 bits per heavy atom. The fourth-order valence-corrected chi connectivity index (χ4v) is 1.37. The van der Waals surface area contributed by atoms with E-state index in [0.29, 0.717) is 6.54 Å². The van der Waals surface area contributed by atoms with Crippen LogP contribution in [0.1, 0.15) is 21.7 Å². The lowest BCUT2D eigenvalue weighted by molar-refractivity contribution is 0.0913. The van der Waals surface area contributed by atoms with E-state index in [4.69, 9.17) is 4.52 Å². The van der Waals surface area contributed by atoms with Crippen molar-refractivity contribution >= 4 is 5.91 Å². The van der Waals surface area contributed by atoms with Crippen molar-refractivity contribution in [3.63, 3.8) is 0 Å². The van der Waals surface area contributed by atoms with Crippen molar-refractivity contribution in [3.05, 3.63) is 53.4 Å². The van der Waals surface area contributed by atoms with Crippen LogP contribution in [0.4, 0.5) is 0 Å². The molecule has 0 saturated heterocycles. The molecule has 0 unspecified atom stereocenters. The van der Waals surface area contributed by atoms with E-state index < -0.39 is 0 Å². The summed E-state index contributed by atoms with van der Waals surface area (Å²) >= 11 is 0. The molecule has 0 aliphatic carbocycles. The summed E-state index contributed by atoms with van der Waals surface area (Å²) < 4.78 is 4.85. The van der Waals surface area contributed by atoms with Gasteiger partial charge < -0.3 is 9.84 Å². The number of hydrogen-bond acceptors (Lipinski definition) is 3. The van der Waals surface area contributed by atoms with Gasteiger partial charge in [-0.05, 0) is 12.5 Å². The Labute approximate surface area is 93.3 Å². The molecular weight excluding hydrogens is 204 g/mol. The molecule has 1 aromatic carbocycles. The molecule has 0 atom stereocenters. The minimum atomic E-state index is -0.237. The molecule has 1 amide bonds. The van der Waals surface area contributed by atoms with Crippen LogP contribution in [0, 0.1) is 6.92 Å². The smallest absolute Gasteiger partial charge is 0.290 e. The van der Waals surface area contributed by atoms with E-state index in [9.17, 15) is 4.79 Å². The summed E-state index contributed by atoms with van der Waals surface area (Å²) in [5, 5.41) is 6.33. The van der Waals surface area contributed by atoms with Gasteiger partial charge >= 0.3 is 0 Å². The Morgan fingerprint density at radius 1 is 1.38 bits per heavy atom. The van der Waals surface area contributed by atoms with Gasteiger partial charge in [0.05, 0.1) is 6.20 Å². The third kappa shape index (κ3) is 2.28. The van der Waals surface area contributed by atoms with Crippen LogP contribution in [0.25, 0.3) is 0 Å². The van der Waals surface area contributed by atoms with Crippen molar-refractivity contribution in [1.29, 1.82) is 0 Å². The van der Waals surface area contributed by atoms with Crippen molar-refractivity contribution in [2.45, 2.75) is 13.5 Å². The Kier molecular flexibility index (Phi) is 3.00. The van der Waals surface area contributed by atoms with Gasteiger partial charge in [0.15, 0.2) is 0 Å². The van der Waals surface area contributed by atoms with Gasteiger partial charge in [-0.1, -0.05) is 35.5 Å². The standard InChI is InChI=1S/C12H12N2O2/c1-9-7-14-16-11(9)12(15)13-8-10-5-3-2-4-6-10/h2-7H,8H2,1H3,(H,13,15). The number of carbonyl (C=O) groups excluding carboxylic acids is 1. The van der Waals surface area contributed by atoms with E-state index in [2.05, 4.69) is 10.5 Å². The SMILES string of the molecule is Cc1cnoc1C(=O)NCc1ccccc1. The summed E-state index contributed by atoms with van der Waals surface area (Å²) in [6.45, 7) is 2.27. The molecule has 4 nitrogen and oxygen atoms in total. The van der Waals surface area contributed by atoms with Crippen molar-refractivity contribution in [2.24, 2.45) is 0 Å². The van der Waals surface area contributed by atoms with Crippen molar-refractivity contribution in [2.75, 3.05) is 0 Å². The minimum absolute atomic E-state index is 0.237. The topological polar surface area (TPSA) is 55.1 Å². The number of nitrogens with zero attached hydrogens (tertiary/aromatic N) is 1. The van der Waals surface area contributed by atoms with Crippen molar-refractivity contribution in [3.8, 4) is 0 Å². The zero-order valence-electron chi connectivity index (χ0n) is 8.93. The van der Waals surface area contributed by atoms with Crippen LogP contribution in [0.3, 0.4) is 0 Å². The van der Waals surface area contributed by atoms with E-state index in [1.165, 1.54) is 6.20 Å². The molecule has 1 N–H and O–H groups in total. The zero-order chi connectivity index (χ0) is 11.4. The maximum Gasteiger partial charge on any atom is 0.290 e. The lowest BCUT2D eigenvalue weighted by Crippen LogP contribution is -2.22. The van der Waals surface area contributed by atoms with Gasteiger partial charge in [0, 0.05) is 12.1 Å². The highest BCUT2D eigenvalue weighted by Crippen LogP contribution is 2.06. The first-order valence-corrected chi connectivity index (χ1v) is 5.01. The summed E-state index contributed by atoms with van der Waals surface area (Å²) in [5.41, 5.74) is 1.79. The molecule has 0 radical (unpaired) electrons. The van der Waals surface area contributed by atoms with E-state index in [1.807, 2.05) is 30.3 Å². The first-order valence-electron chi connectivity index (χ1n) is 5.01. The van der Waals surface area contributed by atoms with Crippen LogP contribution in [-0.4, -0.2) is 11.1 Å². The fraction of sp³-hybridized carbons (Fsp3) is 0.167. The summed E-state index contributed by atoms with van der Waals surface area (Å²) in [6.07, 6.45) is 1.53. The number of amides is 1. The number of nitrogens with one attached hydrogen (secondary N) is 1. The second-order valence-corrected chi connectivity index (χ2v) is 3.51. The van der Waals surface area contributed by atoms with Gasteiger partial charge in [-0.15, -0.1) is 0 Å². The monoisotopic (exact) mass is 216 g/mol. The molecule has 16 heavy (non-hydrogen) atoms. The molecular formula is C12H12N2O2. The molecule has 0 spiro atoms. The second-order valence-electron chi connectivity index (χ2n) is 3.51. The molecule has 82 valence electrons. The summed E-state index contributed by atoms with van der Waals surface area (Å²) in [4.78, 5) is 11.7. The number of rotatable bonds is 3. The van der Waals surface area contributed by atoms with Gasteiger partial charge in [0.25, 0.3) is 5.91 Å². The molecule has 0 aliphatic heterocycles. The Balaban J connectivity index is 1.97. The molecule has 2 aromatic rings. The van der Waals surface area contributed by atoms with E-state index in [1.54, 1.807) is 6.92 Å². The summed E-state index contributed by atoms with van der Waals surface area (Å²) in [7, 11) is 0. The Hall–Kier alpha value is -2.10. The molecule has 4 heteroatoms. The quantitative estimate of drug-likeness (QED) is 0.852. The number of carbonyl (C=O) groups is 1. The van der Waals surface area contributed by atoms with Crippen molar-refractivity contribution < 1.29 is 9.32 Å². The van der Waals surface area contributed by atoms with Crippen LogP contribution in [-0.2, 0) is 6.54 Å². The third-order valence-electron chi connectivity index (χ3n) is 2.25. The number of benzene rings is 1. The van der Waals surface area contributed by atoms with Gasteiger partial charge in [-0.3, -0.25) is 4.79 Å². The van der Waals surface area contributed by atoms with E-state index >= 15 is 0 Å². The first-order chi connectivity index (χ1) is 7.77.